The molecule has 2 heterocycles. The number of ether oxygens (including phenoxy) is 1. The van der Waals surface area contributed by atoms with Crippen LogP contribution in [0.4, 0.5) is 5.69 Å². The largest absolute Gasteiger partial charge is 0.479 e. The van der Waals surface area contributed by atoms with Crippen molar-refractivity contribution in [1.29, 1.82) is 0 Å². The number of nitrogens with one attached hydrogen (secondary N) is 1. The minimum absolute atomic E-state index is 0.100. The second-order valence-corrected chi connectivity index (χ2v) is 5.49. The van der Waals surface area contributed by atoms with Gasteiger partial charge in [0.15, 0.2) is 6.10 Å². The number of furan rings is 1. The minimum Gasteiger partial charge on any atom is -0.479 e. The minimum atomic E-state index is -0.491. The lowest BCUT2D eigenvalue weighted by atomic mass is 10.1. The Labute approximate surface area is 134 Å². The van der Waals surface area contributed by atoms with Crippen LogP contribution in [-0.4, -0.2) is 25.0 Å². The van der Waals surface area contributed by atoms with Crippen LogP contribution in [0.25, 0.3) is 0 Å². The summed E-state index contributed by atoms with van der Waals surface area (Å²) >= 11 is 0. The molecule has 0 radical (unpaired) electrons. The Bertz CT molecular complexity index is 724. The quantitative estimate of drug-likeness (QED) is 0.935. The average Bonchev–Trinajstić information content (AvgIpc) is 3.05. The Morgan fingerprint density at radius 1 is 1.35 bits per heavy atom. The van der Waals surface area contributed by atoms with Gasteiger partial charge in [0.2, 0.25) is 5.91 Å². The maximum absolute atomic E-state index is 12.0. The molecule has 120 valence electrons. The summed E-state index contributed by atoms with van der Waals surface area (Å²) in [6.45, 7) is 2.08. The van der Waals surface area contributed by atoms with Gasteiger partial charge in [-0.3, -0.25) is 9.59 Å². The first kappa shape index (κ1) is 15.1. The summed E-state index contributed by atoms with van der Waals surface area (Å²) in [6.07, 6.45) is 1.31. The highest BCUT2D eigenvalue weighted by atomic mass is 16.5. The lowest BCUT2D eigenvalue weighted by Gasteiger charge is -2.30. The molecule has 2 aromatic rings. The van der Waals surface area contributed by atoms with Gasteiger partial charge in [0.05, 0.1) is 24.9 Å². The van der Waals surface area contributed by atoms with Crippen molar-refractivity contribution >= 4 is 17.5 Å². The number of nitrogens with zero attached hydrogens (tertiary/aromatic N) is 1. The molecule has 1 aromatic heterocycles. The number of amides is 2. The number of anilines is 1. The van der Waals surface area contributed by atoms with E-state index in [1.807, 2.05) is 12.1 Å². The lowest BCUT2D eigenvalue weighted by molar-refractivity contribution is -0.125. The fourth-order valence-corrected chi connectivity index (χ4v) is 2.51. The molecule has 3 rings (SSSR count). The summed E-state index contributed by atoms with van der Waals surface area (Å²) < 4.78 is 10.7. The highest BCUT2D eigenvalue weighted by Gasteiger charge is 2.28. The number of hydrogen-bond donors (Lipinski definition) is 1. The molecule has 0 bridgehead atoms. The average molecular weight is 314 g/mol. The van der Waals surface area contributed by atoms with E-state index >= 15 is 0 Å². The summed E-state index contributed by atoms with van der Waals surface area (Å²) in [5.74, 6) is 1.15. The highest BCUT2D eigenvalue weighted by Crippen LogP contribution is 2.33. The van der Waals surface area contributed by atoms with E-state index in [-0.39, 0.29) is 18.2 Å². The van der Waals surface area contributed by atoms with Gasteiger partial charge in [-0.25, -0.2) is 0 Å². The Morgan fingerprint density at radius 3 is 2.91 bits per heavy atom. The van der Waals surface area contributed by atoms with Crippen molar-refractivity contribution in [2.45, 2.75) is 26.0 Å². The lowest BCUT2D eigenvalue weighted by Crippen LogP contribution is -2.42. The number of carbonyl (C=O) groups excluding carboxylic acids is 2. The monoisotopic (exact) mass is 314 g/mol. The van der Waals surface area contributed by atoms with Crippen LogP contribution in [0, 0.1) is 0 Å². The molecule has 0 spiro atoms. The zero-order valence-electron chi connectivity index (χ0n) is 13.0. The summed E-state index contributed by atoms with van der Waals surface area (Å²) in [4.78, 5) is 25.5. The molecule has 1 aliphatic rings. The van der Waals surface area contributed by atoms with E-state index in [4.69, 9.17) is 9.15 Å². The van der Waals surface area contributed by atoms with Crippen molar-refractivity contribution < 1.29 is 18.7 Å². The Hall–Kier alpha value is -2.76. The molecule has 1 N–H and O–H groups in total. The van der Waals surface area contributed by atoms with E-state index < -0.39 is 6.10 Å². The van der Waals surface area contributed by atoms with Crippen LogP contribution in [-0.2, 0) is 22.6 Å². The summed E-state index contributed by atoms with van der Waals surface area (Å²) in [6, 6.07) is 9.02. The van der Waals surface area contributed by atoms with Gasteiger partial charge in [-0.1, -0.05) is 6.07 Å². The molecule has 6 heteroatoms. The van der Waals surface area contributed by atoms with Crippen LogP contribution in [0.15, 0.2) is 41.0 Å². The predicted octanol–water partition coefficient (Wildman–Crippen LogP) is 1.88. The maximum Gasteiger partial charge on any atom is 0.267 e. The van der Waals surface area contributed by atoms with Crippen molar-refractivity contribution in [3.05, 3.63) is 47.9 Å². The topological polar surface area (TPSA) is 71.8 Å². The molecule has 1 atom stereocenters. The van der Waals surface area contributed by atoms with E-state index in [0.717, 1.165) is 5.56 Å². The van der Waals surface area contributed by atoms with Gasteiger partial charge >= 0.3 is 0 Å². The smallest absolute Gasteiger partial charge is 0.267 e. The molecule has 2 amide bonds. The molecular formula is C17H18N2O4. The second kappa shape index (κ2) is 6.16. The van der Waals surface area contributed by atoms with Crippen LogP contribution in [0.1, 0.15) is 18.2 Å². The molecule has 23 heavy (non-hydrogen) atoms. The number of carbonyl (C=O) groups is 2. The number of benzene rings is 1. The molecule has 1 aromatic carbocycles. The van der Waals surface area contributed by atoms with Gasteiger partial charge in [0.1, 0.15) is 11.5 Å². The first-order valence-electron chi connectivity index (χ1n) is 7.41. The Kier molecular flexibility index (Phi) is 4.06. The molecule has 6 nitrogen and oxygen atoms in total. The van der Waals surface area contributed by atoms with Crippen LogP contribution in [0.5, 0.6) is 5.75 Å². The third-order valence-electron chi connectivity index (χ3n) is 3.77. The standard InChI is InChI=1S/C17H18N2O4/c1-11-17(21)19(2)14-8-12(5-6-15(14)23-11)9-16(20)18-10-13-4-3-7-22-13/h3-8,11H,9-10H2,1-2H3,(H,18,20). The summed E-state index contributed by atoms with van der Waals surface area (Å²) in [7, 11) is 1.71. The zero-order valence-corrected chi connectivity index (χ0v) is 13.0. The SMILES string of the molecule is CC1Oc2ccc(CC(=O)NCc3ccco3)cc2N(C)C1=O. The van der Waals surface area contributed by atoms with Crippen molar-refractivity contribution in [3.63, 3.8) is 0 Å². The fourth-order valence-electron chi connectivity index (χ4n) is 2.51. The first-order chi connectivity index (χ1) is 11.0. The molecule has 1 aliphatic heterocycles. The van der Waals surface area contributed by atoms with Crippen LogP contribution >= 0.6 is 0 Å². The van der Waals surface area contributed by atoms with Crippen molar-refractivity contribution in [2.75, 3.05) is 11.9 Å². The van der Waals surface area contributed by atoms with Gasteiger partial charge in [-0.15, -0.1) is 0 Å². The summed E-state index contributed by atoms with van der Waals surface area (Å²) in [5.41, 5.74) is 1.50. The molecule has 0 saturated heterocycles. The van der Waals surface area contributed by atoms with Crippen LogP contribution in [0.3, 0.4) is 0 Å². The van der Waals surface area contributed by atoms with E-state index in [2.05, 4.69) is 5.32 Å². The van der Waals surface area contributed by atoms with Gasteiger partial charge in [-0.2, -0.15) is 0 Å². The molecule has 0 fully saturated rings. The van der Waals surface area contributed by atoms with E-state index in [1.54, 1.807) is 43.3 Å². The highest BCUT2D eigenvalue weighted by molar-refractivity contribution is 5.99. The van der Waals surface area contributed by atoms with Gasteiger partial charge in [0, 0.05) is 7.05 Å². The maximum atomic E-state index is 12.0. The number of likely N-dealkylation sites (N-methyl/N-ethyl adjacent to an activating group) is 1. The Morgan fingerprint density at radius 2 is 2.17 bits per heavy atom. The zero-order chi connectivity index (χ0) is 16.4. The van der Waals surface area contributed by atoms with Crippen LogP contribution < -0.4 is 15.0 Å². The molecule has 1 unspecified atom stereocenters. The number of fused-ring (bicyclic) bond motifs is 1. The van der Waals surface area contributed by atoms with E-state index in [1.165, 1.54) is 0 Å². The van der Waals surface area contributed by atoms with Gasteiger partial charge in [0.25, 0.3) is 5.91 Å². The van der Waals surface area contributed by atoms with E-state index in [0.29, 0.717) is 23.7 Å². The first-order valence-corrected chi connectivity index (χ1v) is 7.41. The van der Waals surface area contributed by atoms with Crippen molar-refractivity contribution in [3.8, 4) is 5.75 Å². The normalized spacial score (nSPS) is 16.7. The third-order valence-corrected chi connectivity index (χ3v) is 3.77. The third kappa shape index (κ3) is 3.21. The fraction of sp³-hybridized carbons (Fsp3) is 0.294. The number of rotatable bonds is 4. The van der Waals surface area contributed by atoms with Crippen LogP contribution in [0.2, 0.25) is 0 Å². The van der Waals surface area contributed by atoms with Crippen molar-refractivity contribution in [1.82, 2.24) is 5.32 Å². The van der Waals surface area contributed by atoms with Gasteiger partial charge in [-0.05, 0) is 36.8 Å². The predicted molar refractivity (Wildman–Crippen MR) is 84.2 cm³/mol. The molecular weight excluding hydrogens is 296 g/mol. The second-order valence-electron chi connectivity index (χ2n) is 5.49. The molecule has 0 saturated carbocycles. The van der Waals surface area contributed by atoms with Gasteiger partial charge < -0.3 is 19.4 Å². The number of hydrogen-bond acceptors (Lipinski definition) is 4. The van der Waals surface area contributed by atoms with Crippen molar-refractivity contribution in [2.24, 2.45) is 0 Å². The summed E-state index contributed by atoms with van der Waals surface area (Å²) in [5, 5.41) is 2.80. The Balaban J connectivity index is 1.67. The molecule has 0 aliphatic carbocycles. The van der Waals surface area contributed by atoms with E-state index in [9.17, 15) is 9.59 Å².